The maximum Gasteiger partial charge on any atom is 1.00 e. The fourth-order valence-electron chi connectivity index (χ4n) is 8.60. The molecular formula is C48H36LiN4O+. The van der Waals surface area contributed by atoms with Crippen LogP contribution in [-0.4, -0.2) is 15.0 Å². The smallest absolute Gasteiger partial charge is 0.868 e. The minimum atomic E-state index is -0.251. The topological polar surface area (TPSA) is 75.9 Å². The molecule has 2 heterocycles. The van der Waals surface area contributed by atoms with E-state index < -0.39 is 0 Å². The summed E-state index contributed by atoms with van der Waals surface area (Å²) < 4.78 is 0. The van der Waals surface area contributed by atoms with Gasteiger partial charge >= 0.3 is 18.9 Å². The Labute approximate surface area is 327 Å². The molecule has 54 heavy (non-hydrogen) atoms. The first-order chi connectivity index (χ1) is 25.7. The summed E-state index contributed by atoms with van der Waals surface area (Å²) in [5.41, 5.74) is 14.8. The number of nitrogens with one attached hydrogen (secondary N) is 1. The second-order valence-electron chi connectivity index (χ2n) is 15.3. The number of aromatic nitrogens is 4. The van der Waals surface area contributed by atoms with Crippen LogP contribution in [0.3, 0.4) is 0 Å². The van der Waals surface area contributed by atoms with Crippen molar-refractivity contribution in [2.45, 2.75) is 38.5 Å². The van der Waals surface area contributed by atoms with Crippen LogP contribution < -0.4 is 29.0 Å². The maximum atomic E-state index is 13.6. The molecule has 1 N–H and O–H groups in total. The van der Waals surface area contributed by atoms with E-state index in [-0.39, 0.29) is 35.4 Å². The number of hydrogen-bond donors (Lipinski definition) is 0. The molecule has 0 saturated heterocycles. The van der Waals surface area contributed by atoms with Crippen molar-refractivity contribution in [1.82, 2.24) is 15.0 Å². The SMILES string of the molecule is CC1(C)c2cc(-c3nc(-c4ccccc4)nc(-c4ccccc4)n3)ccc2-c2cc3c(cc21)-c1ccc(-c2ccc4ccc[nH+]c4c2[O-])cc1C3(C)C.[Li+]. The first kappa shape index (κ1) is 33.9. The molecule has 6 aromatic carbocycles. The molecule has 0 amide bonds. The van der Waals surface area contributed by atoms with E-state index in [2.05, 4.69) is 81.2 Å². The summed E-state index contributed by atoms with van der Waals surface area (Å²) in [6.45, 7) is 9.25. The van der Waals surface area contributed by atoms with Crippen molar-refractivity contribution in [3.05, 3.63) is 162 Å². The van der Waals surface area contributed by atoms with E-state index in [0.29, 0.717) is 28.6 Å². The Morgan fingerprint density at radius 1 is 0.444 bits per heavy atom. The summed E-state index contributed by atoms with van der Waals surface area (Å²) in [6, 6.07) is 46.2. The number of aromatic amines is 1. The van der Waals surface area contributed by atoms with Crippen LogP contribution in [0, 0.1) is 0 Å². The number of H-pyrrole nitrogens is 1. The monoisotopic (exact) mass is 691 g/mol. The summed E-state index contributed by atoms with van der Waals surface area (Å²) in [7, 11) is 0. The predicted molar refractivity (Wildman–Crippen MR) is 210 cm³/mol. The molecular weight excluding hydrogens is 655 g/mol. The normalized spacial score (nSPS) is 14.1. The van der Waals surface area contributed by atoms with Gasteiger partial charge in [0.15, 0.2) is 23.7 Å². The Morgan fingerprint density at radius 2 is 0.907 bits per heavy atom. The minimum absolute atomic E-state index is 0. The average Bonchev–Trinajstić information content (AvgIpc) is 3.56. The van der Waals surface area contributed by atoms with E-state index in [1.54, 1.807) is 0 Å². The maximum absolute atomic E-state index is 13.6. The van der Waals surface area contributed by atoms with Gasteiger partial charge in [0.1, 0.15) is 0 Å². The van der Waals surface area contributed by atoms with E-state index in [1.807, 2.05) is 91.1 Å². The fourth-order valence-corrected chi connectivity index (χ4v) is 8.60. The average molecular weight is 692 g/mol. The quantitative estimate of drug-likeness (QED) is 0.183. The van der Waals surface area contributed by atoms with Crippen molar-refractivity contribution in [2.75, 3.05) is 0 Å². The van der Waals surface area contributed by atoms with Crippen molar-refractivity contribution in [2.24, 2.45) is 0 Å². The summed E-state index contributed by atoms with van der Waals surface area (Å²) in [6.07, 6.45) is 1.81. The summed E-state index contributed by atoms with van der Waals surface area (Å²) in [5, 5.41) is 14.5. The molecule has 0 aliphatic heterocycles. The van der Waals surface area contributed by atoms with Crippen molar-refractivity contribution >= 4 is 10.9 Å². The van der Waals surface area contributed by atoms with E-state index in [9.17, 15) is 5.11 Å². The van der Waals surface area contributed by atoms with Crippen LogP contribution in [0.2, 0.25) is 0 Å². The van der Waals surface area contributed by atoms with Gasteiger partial charge in [0.05, 0.1) is 0 Å². The Kier molecular flexibility index (Phi) is 7.76. The second kappa shape index (κ2) is 12.3. The molecule has 0 spiro atoms. The molecule has 5 nitrogen and oxygen atoms in total. The zero-order valence-electron chi connectivity index (χ0n) is 31.0. The molecule has 2 aromatic heterocycles. The Bertz CT molecular complexity index is 2740. The Balaban J connectivity index is 0.00000384. The number of rotatable bonds is 4. The first-order valence-electron chi connectivity index (χ1n) is 18.2. The van der Waals surface area contributed by atoms with E-state index >= 15 is 0 Å². The van der Waals surface area contributed by atoms with E-state index in [4.69, 9.17) is 15.0 Å². The third-order valence-electron chi connectivity index (χ3n) is 11.5. The zero-order chi connectivity index (χ0) is 36.1. The standard InChI is InChI=1S/C48H36N4O.Li/c1-47(2)38-24-31(33-20-17-28-16-11-23-49-42(28)43(33)53)18-21-34(38)36-26-41-37(27-40(36)47)35-22-19-32(25-39(35)48(41,3)4)46-51-44(29-12-7-5-8-13-29)50-45(52-46)30-14-9-6-10-15-30;/h5-27,53H,1-4H3;/q;+1. The van der Waals surface area contributed by atoms with Crippen molar-refractivity contribution in [1.29, 1.82) is 0 Å². The summed E-state index contributed by atoms with van der Waals surface area (Å²) in [5.74, 6) is 2.00. The first-order valence-corrected chi connectivity index (χ1v) is 18.2. The van der Waals surface area contributed by atoms with Crippen molar-refractivity contribution in [3.63, 3.8) is 0 Å². The number of hydrogen-bond acceptors (Lipinski definition) is 4. The molecule has 254 valence electrons. The molecule has 0 atom stereocenters. The van der Waals surface area contributed by atoms with Crippen LogP contribution in [0.25, 0.3) is 78.4 Å². The van der Waals surface area contributed by atoms with Gasteiger partial charge in [0, 0.05) is 39.0 Å². The molecule has 0 radical (unpaired) electrons. The van der Waals surface area contributed by atoms with Crippen LogP contribution in [0.1, 0.15) is 49.9 Å². The number of nitrogens with zero attached hydrogens (tertiary/aromatic N) is 3. The molecule has 8 aromatic rings. The van der Waals surface area contributed by atoms with Gasteiger partial charge in [-0.25, -0.2) is 19.9 Å². The molecule has 6 heteroatoms. The molecule has 0 saturated carbocycles. The Morgan fingerprint density at radius 3 is 1.46 bits per heavy atom. The van der Waals surface area contributed by atoms with Crippen molar-refractivity contribution < 1.29 is 29.0 Å². The van der Waals surface area contributed by atoms with Gasteiger partial charge in [-0.2, -0.15) is 0 Å². The zero-order valence-corrected chi connectivity index (χ0v) is 31.0. The van der Waals surface area contributed by atoms with Crippen LogP contribution in [0.5, 0.6) is 5.75 Å². The Hall–Kier alpha value is -5.86. The molecule has 2 aliphatic rings. The number of pyridine rings is 1. The largest absolute Gasteiger partial charge is 1.00 e. The molecule has 0 fully saturated rings. The fraction of sp³-hybridized carbons (Fsp3) is 0.125. The number of benzene rings is 6. The molecule has 2 aliphatic carbocycles. The van der Waals surface area contributed by atoms with Gasteiger partial charge < -0.3 is 5.11 Å². The minimum Gasteiger partial charge on any atom is -0.868 e. The van der Waals surface area contributed by atoms with Gasteiger partial charge in [0.25, 0.3) is 0 Å². The van der Waals surface area contributed by atoms with Crippen LogP contribution in [0.15, 0.2) is 140 Å². The van der Waals surface area contributed by atoms with E-state index in [1.165, 1.54) is 44.5 Å². The molecule has 0 unspecified atom stereocenters. The van der Waals surface area contributed by atoms with Gasteiger partial charge in [-0.05, 0) is 97.8 Å². The number of fused-ring (bicyclic) bond motifs is 7. The predicted octanol–water partition coefficient (Wildman–Crippen LogP) is 7.20. The van der Waals surface area contributed by atoms with Gasteiger partial charge in [-0.15, -0.1) is 0 Å². The van der Waals surface area contributed by atoms with Crippen molar-refractivity contribution in [3.8, 4) is 73.3 Å². The molecule has 0 bridgehead atoms. The van der Waals surface area contributed by atoms with Gasteiger partial charge in [-0.3, -0.25) is 0 Å². The second-order valence-corrected chi connectivity index (χ2v) is 15.3. The van der Waals surface area contributed by atoms with Crippen LogP contribution in [-0.2, 0) is 10.8 Å². The third-order valence-corrected chi connectivity index (χ3v) is 11.5. The van der Waals surface area contributed by atoms with Crippen LogP contribution in [0.4, 0.5) is 0 Å². The van der Waals surface area contributed by atoms with E-state index in [0.717, 1.165) is 27.6 Å². The van der Waals surface area contributed by atoms with Crippen LogP contribution >= 0.6 is 0 Å². The van der Waals surface area contributed by atoms with Gasteiger partial charge in [0.2, 0.25) is 5.52 Å². The molecule has 10 rings (SSSR count). The third kappa shape index (κ3) is 5.07. The van der Waals surface area contributed by atoms with Gasteiger partial charge in [-0.1, -0.05) is 119 Å². The summed E-state index contributed by atoms with van der Waals surface area (Å²) in [4.78, 5) is 18.1. The summed E-state index contributed by atoms with van der Waals surface area (Å²) >= 11 is 0.